The van der Waals surface area contributed by atoms with Gasteiger partial charge in [0.05, 0.1) is 13.3 Å². The van der Waals surface area contributed by atoms with Crippen molar-refractivity contribution in [2.45, 2.75) is 19.4 Å². The van der Waals surface area contributed by atoms with Gasteiger partial charge in [-0.15, -0.1) is 0 Å². The van der Waals surface area contributed by atoms with Gasteiger partial charge in [0.25, 0.3) is 0 Å². The van der Waals surface area contributed by atoms with Gasteiger partial charge >= 0.3 is 0 Å². The molecule has 1 aliphatic heterocycles. The number of rotatable bonds is 3. The van der Waals surface area contributed by atoms with Gasteiger partial charge in [0.2, 0.25) is 0 Å². The zero-order valence-electron chi connectivity index (χ0n) is 8.87. The number of ether oxygens (including phenoxy) is 1. The van der Waals surface area contributed by atoms with Crippen LogP contribution in [-0.2, 0) is 6.54 Å². The molecule has 1 aromatic rings. The van der Waals surface area contributed by atoms with E-state index in [0.29, 0.717) is 16.8 Å². The van der Waals surface area contributed by atoms with E-state index in [9.17, 15) is 0 Å². The third-order valence-corrected chi connectivity index (χ3v) is 3.24. The maximum Gasteiger partial charge on any atom is 0.175 e. The van der Waals surface area contributed by atoms with Crippen LogP contribution in [0.4, 0.5) is 0 Å². The van der Waals surface area contributed by atoms with E-state index in [4.69, 9.17) is 16.3 Å². The summed E-state index contributed by atoms with van der Waals surface area (Å²) in [6.07, 6.45) is 4.06. The molecule has 0 saturated carbocycles. The van der Waals surface area contributed by atoms with E-state index in [0.717, 1.165) is 19.6 Å². The molecule has 2 rings (SSSR count). The Bertz CT molecular complexity index is 320. The standard InChI is InChI=1S/C10H16ClN3O/c1-15-9-6-13-14(10(9)11)7-8-2-4-12-5-3-8/h6,8,12H,2-5,7H2,1H3. The fraction of sp³-hybridized carbons (Fsp3) is 0.700. The van der Waals surface area contributed by atoms with Crippen LogP contribution in [0.1, 0.15) is 12.8 Å². The lowest BCUT2D eigenvalue weighted by Gasteiger charge is -2.22. The Morgan fingerprint density at radius 3 is 2.93 bits per heavy atom. The molecular formula is C10H16ClN3O. The van der Waals surface area contributed by atoms with Gasteiger partial charge in [-0.05, 0) is 31.8 Å². The van der Waals surface area contributed by atoms with Crippen LogP contribution in [0, 0.1) is 5.92 Å². The van der Waals surface area contributed by atoms with E-state index in [1.54, 1.807) is 13.3 Å². The number of hydrogen-bond donors (Lipinski definition) is 1. The van der Waals surface area contributed by atoms with Crippen LogP contribution in [0.2, 0.25) is 5.15 Å². The minimum Gasteiger partial charge on any atom is -0.492 e. The second-order valence-electron chi connectivity index (χ2n) is 3.88. The Morgan fingerprint density at radius 2 is 2.33 bits per heavy atom. The van der Waals surface area contributed by atoms with Gasteiger partial charge in [-0.3, -0.25) is 4.68 Å². The molecule has 1 aliphatic rings. The summed E-state index contributed by atoms with van der Waals surface area (Å²) < 4.78 is 6.92. The van der Waals surface area contributed by atoms with Crippen molar-refractivity contribution in [2.24, 2.45) is 5.92 Å². The summed E-state index contributed by atoms with van der Waals surface area (Å²) in [6, 6.07) is 0. The van der Waals surface area contributed by atoms with Crippen LogP contribution in [0.15, 0.2) is 6.20 Å². The van der Waals surface area contributed by atoms with Gasteiger partial charge in [0, 0.05) is 6.54 Å². The summed E-state index contributed by atoms with van der Waals surface area (Å²) in [5, 5.41) is 8.17. The number of methoxy groups -OCH3 is 1. The Balaban J connectivity index is 2.00. The number of hydrogen-bond acceptors (Lipinski definition) is 3. The minimum absolute atomic E-state index is 0.607. The Morgan fingerprint density at radius 1 is 1.60 bits per heavy atom. The summed E-state index contributed by atoms with van der Waals surface area (Å²) in [4.78, 5) is 0. The molecule has 0 radical (unpaired) electrons. The van der Waals surface area contributed by atoms with Gasteiger partial charge in [-0.25, -0.2) is 0 Å². The van der Waals surface area contributed by atoms with Crippen LogP contribution in [0.5, 0.6) is 5.75 Å². The molecule has 1 fully saturated rings. The molecule has 4 nitrogen and oxygen atoms in total. The average Bonchev–Trinajstić information content (AvgIpc) is 2.62. The first-order valence-corrected chi connectivity index (χ1v) is 5.65. The van der Waals surface area contributed by atoms with Crippen LogP contribution >= 0.6 is 11.6 Å². The highest BCUT2D eigenvalue weighted by molar-refractivity contribution is 6.31. The van der Waals surface area contributed by atoms with Gasteiger partial charge in [0.1, 0.15) is 0 Å². The van der Waals surface area contributed by atoms with E-state index in [-0.39, 0.29) is 0 Å². The first-order valence-electron chi connectivity index (χ1n) is 5.27. The molecule has 84 valence electrons. The van der Waals surface area contributed by atoms with Crippen molar-refractivity contribution in [3.63, 3.8) is 0 Å². The number of aromatic nitrogens is 2. The van der Waals surface area contributed by atoms with Crippen LogP contribution in [0.3, 0.4) is 0 Å². The predicted molar refractivity (Wildman–Crippen MR) is 59.4 cm³/mol. The molecule has 1 saturated heterocycles. The van der Waals surface area contributed by atoms with Crippen molar-refractivity contribution in [1.82, 2.24) is 15.1 Å². The number of nitrogens with one attached hydrogen (secondary N) is 1. The Hall–Kier alpha value is -0.740. The topological polar surface area (TPSA) is 39.1 Å². The van der Waals surface area contributed by atoms with Crippen LogP contribution in [0.25, 0.3) is 0 Å². The van der Waals surface area contributed by atoms with Crippen molar-refractivity contribution in [1.29, 1.82) is 0 Å². The highest BCUT2D eigenvalue weighted by Gasteiger charge is 2.16. The monoisotopic (exact) mass is 229 g/mol. The van der Waals surface area contributed by atoms with Crippen molar-refractivity contribution in [3.8, 4) is 5.75 Å². The smallest absolute Gasteiger partial charge is 0.175 e. The lowest BCUT2D eigenvalue weighted by atomic mass is 9.98. The second kappa shape index (κ2) is 4.86. The summed E-state index contributed by atoms with van der Waals surface area (Å²) in [5.74, 6) is 1.33. The molecule has 0 unspecified atom stereocenters. The van der Waals surface area contributed by atoms with E-state index in [2.05, 4.69) is 10.4 Å². The van der Waals surface area contributed by atoms with E-state index >= 15 is 0 Å². The van der Waals surface area contributed by atoms with Crippen molar-refractivity contribution in [2.75, 3.05) is 20.2 Å². The molecule has 2 heterocycles. The quantitative estimate of drug-likeness (QED) is 0.855. The summed E-state index contributed by atoms with van der Waals surface area (Å²) >= 11 is 6.10. The summed E-state index contributed by atoms with van der Waals surface area (Å²) in [7, 11) is 1.61. The average molecular weight is 230 g/mol. The summed E-state index contributed by atoms with van der Waals surface area (Å²) in [6.45, 7) is 3.09. The largest absolute Gasteiger partial charge is 0.492 e. The third kappa shape index (κ3) is 2.44. The number of halogens is 1. The molecule has 1 N–H and O–H groups in total. The van der Waals surface area contributed by atoms with Crippen molar-refractivity contribution < 1.29 is 4.74 Å². The summed E-state index contributed by atoms with van der Waals surface area (Å²) in [5.41, 5.74) is 0. The first-order chi connectivity index (χ1) is 7.31. The fourth-order valence-electron chi connectivity index (χ4n) is 1.93. The predicted octanol–water partition coefficient (Wildman–Crippen LogP) is 1.54. The van der Waals surface area contributed by atoms with Gasteiger partial charge in [-0.2, -0.15) is 5.10 Å². The Labute approximate surface area is 94.6 Å². The molecule has 0 atom stereocenters. The fourth-order valence-corrected chi connectivity index (χ4v) is 2.16. The van der Waals surface area contributed by atoms with Crippen LogP contribution < -0.4 is 10.1 Å². The lowest BCUT2D eigenvalue weighted by molar-refractivity contribution is 0.320. The molecular weight excluding hydrogens is 214 g/mol. The normalized spacial score (nSPS) is 18.0. The van der Waals surface area contributed by atoms with Crippen molar-refractivity contribution >= 4 is 11.6 Å². The van der Waals surface area contributed by atoms with E-state index < -0.39 is 0 Å². The number of nitrogens with zero attached hydrogens (tertiary/aromatic N) is 2. The highest BCUT2D eigenvalue weighted by Crippen LogP contribution is 2.25. The molecule has 0 amide bonds. The lowest BCUT2D eigenvalue weighted by Crippen LogP contribution is -2.30. The molecule has 0 spiro atoms. The molecule has 0 bridgehead atoms. The zero-order valence-corrected chi connectivity index (χ0v) is 9.63. The van der Waals surface area contributed by atoms with E-state index in [1.807, 2.05) is 4.68 Å². The number of piperidine rings is 1. The maximum absolute atomic E-state index is 6.10. The minimum atomic E-state index is 0.607. The van der Waals surface area contributed by atoms with Crippen molar-refractivity contribution in [3.05, 3.63) is 11.3 Å². The highest BCUT2D eigenvalue weighted by atomic mass is 35.5. The molecule has 1 aromatic heterocycles. The molecule has 0 aromatic carbocycles. The van der Waals surface area contributed by atoms with E-state index in [1.165, 1.54) is 12.8 Å². The van der Waals surface area contributed by atoms with Gasteiger partial charge < -0.3 is 10.1 Å². The molecule has 15 heavy (non-hydrogen) atoms. The molecule has 5 heteroatoms. The van der Waals surface area contributed by atoms with Crippen LogP contribution in [-0.4, -0.2) is 30.0 Å². The molecule has 0 aliphatic carbocycles. The second-order valence-corrected chi connectivity index (χ2v) is 4.24. The first kappa shape index (κ1) is 10.8. The zero-order chi connectivity index (χ0) is 10.7. The van der Waals surface area contributed by atoms with Gasteiger partial charge in [-0.1, -0.05) is 11.6 Å². The maximum atomic E-state index is 6.10. The third-order valence-electron chi connectivity index (χ3n) is 2.85. The SMILES string of the molecule is COc1cnn(CC2CCNCC2)c1Cl. The Kier molecular flexibility index (Phi) is 3.49. The van der Waals surface area contributed by atoms with Gasteiger partial charge in [0.15, 0.2) is 10.9 Å².